The predicted molar refractivity (Wildman–Crippen MR) is 82.3 cm³/mol. The van der Waals surface area contributed by atoms with Gasteiger partial charge in [0.15, 0.2) is 0 Å². The quantitative estimate of drug-likeness (QED) is 0.847. The molecule has 0 amide bonds. The van der Waals surface area contributed by atoms with Crippen LogP contribution in [0.1, 0.15) is 45.4 Å². The average molecular weight is 267 g/mol. The number of nitrogens with zero attached hydrogens (tertiary/aromatic N) is 2. The zero-order chi connectivity index (χ0) is 13.9. The molecular formula is C16H33N3. The maximum atomic E-state index is 6.20. The summed E-state index contributed by atoms with van der Waals surface area (Å²) in [7, 11) is 4.38. The van der Waals surface area contributed by atoms with Gasteiger partial charge in [-0.3, -0.25) is 4.90 Å². The summed E-state index contributed by atoms with van der Waals surface area (Å²) in [5, 5.41) is 0. The van der Waals surface area contributed by atoms with E-state index in [2.05, 4.69) is 30.8 Å². The van der Waals surface area contributed by atoms with Crippen molar-refractivity contribution in [2.75, 3.05) is 40.3 Å². The molecule has 19 heavy (non-hydrogen) atoms. The minimum Gasteiger partial charge on any atom is -0.329 e. The van der Waals surface area contributed by atoms with Crippen LogP contribution in [0.15, 0.2) is 0 Å². The highest BCUT2D eigenvalue weighted by molar-refractivity contribution is 4.97. The van der Waals surface area contributed by atoms with Gasteiger partial charge < -0.3 is 10.6 Å². The van der Waals surface area contributed by atoms with Crippen molar-refractivity contribution < 1.29 is 0 Å². The lowest BCUT2D eigenvalue weighted by molar-refractivity contribution is 0.0100. The first-order valence-electron chi connectivity index (χ1n) is 8.15. The van der Waals surface area contributed by atoms with Crippen LogP contribution >= 0.6 is 0 Å². The molecule has 0 spiro atoms. The minimum atomic E-state index is 0.334. The number of nitrogens with two attached hydrogens (primary N) is 1. The van der Waals surface area contributed by atoms with Crippen LogP contribution in [-0.4, -0.2) is 55.6 Å². The van der Waals surface area contributed by atoms with Gasteiger partial charge in [0.1, 0.15) is 0 Å². The van der Waals surface area contributed by atoms with Crippen molar-refractivity contribution in [3.8, 4) is 0 Å². The van der Waals surface area contributed by atoms with Gasteiger partial charge in [0, 0.05) is 18.6 Å². The molecule has 0 aromatic heterocycles. The van der Waals surface area contributed by atoms with E-state index in [4.69, 9.17) is 5.73 Å². The Morgan fingerprint density at radius 3 is 2.42 bits per heavy atom. The number of rotatable bonds is 4. The molecule has 2 fully saturated rings. The van der Waals surface area contributed by atoms with E-state index in [9.17, 15) is 0 Å². The maximum absolute atomic E-state index is 6.20. The predicted octanol–water partition coefficient (Wildman–Crippen LogP) is 2.17. The van der Waals surface area contributed by atoms with Gasteiger partial charge in [0.2, 0.25) is 0 Å². The van der Waals surface area contributed by atoms with Crippen molar-refractivity contribution in [2.45, 2.75) is 51.0 Å². The molecule has 1 aliphatic heterocycles. The van der Waals surface area contributed by atoms with E-state index in [-0.39, 0.29) is 0 Å². The van der Waals surface area contributed by atoms with Crippen molar-refractivity contribution in [1.82, 2.24) is 9.80 Å². The molecule has 0 bridgehead atoms. The first-order chi connectivity index (χ1) is 9.05. The molecule has 1 saturated heterocycles. The average Bonchev–Trinajstić information content (AvgIpc) is 2.38. The van der Waals surface area contributed by atoms with Crippen LogP contribution < -0.4 is 5.73 Å². The smallest absolute Gasteiger partial charge is 0.0334 e. The molecular weight excluding hydrogens is 234 g/mol. The van der Waals surface area contributed by atoms with E-state index in [1.54, 1.807) is 0 Å². The summed E-state index contributed by atoms with van der Waals surface area (Å²) in [5.41, 5.74) is 6.53. The molecule has 0 aromatic rings. The number of piperidine rings is 1. The molecule has 0 aromatic carbocycles. The molecule has 3 heteroatoms. The zero-order valence-corrected chi connectivity index (χ0v) is 13.2. The van der Waals surface area contributed by atoms with Gasteiger partial charge in [-0.15, -0.1) is 0 Å². The Morgan fingerprint density at radius 2 is 1.89 bits per heavy atom. The van der Waals surface area contributed by atoms with Crippen LogP contribution in [0.25, 0.3) is 0 Å². The van der Waals surface area contributed by atoms with Crippen molar-refractivity contribution in [3.63, 3.8) is 0 Å². The highest BCUT2D eigenvalue weighted by Gasteiger charge is 2.40. The van der Waals surface area contributed by atoms with Crippen molar-refractivity contribution in [3.05, 3.63) is 0 Å². The van der Waals surface area contributed by atoms with E-state index < -0.39 is 0 Å². The summed E-state index contributed by atoms with van der Waals surface area (Å²) >= 11 is 0. The summed E-state index contributed by atoms with van der Waals surface area (Å²) in [6.07, 6.45) is 8.13. The van der Waals surface area contributed by atoms with E-state index >= 15 is 0 Å². The Bertz CT molecular complexity index is 271. The molecule has 2 aliphatic rings. The molecule has 2 N–H and O–H groups in total. The van der Waals surface area contributed by atoms with Gasteiger partial charge in [-0.1, -0.05) is 19.8 Å². The SMILES string of the molecule is CC1CCCC(CN)(N2CCC(CN(C)C)CC2)C1. The van der Waals surface area contributed by atoms with E-state index in [0.717, 1.165) is 18.4 Å². The number of likely N-dealkylation sites (tertiary alicyclic amines) is 1. The fourth-order valence-electron chi connectivity index (χ4n) is 4.34. The van der Waals surface area contributed by atoms with Gasteiger partial charge in [-0.2, -0.15) is 0 Å². The molecule has 2 rings (SSSR count). The van der Waals surface area contributed by atoms with Crippen LogP contribution in [-0.2, 0) is 0 Å². The first-order valence-corrected chi connectivity index (χ1v) is 8.15. The molecule has 2 unspecified atom stereocenters. The molecule has 0 radical (unpaired) electrons. The largest absolute Gasteiger partial charge is 0.329 e. The molecule has 3 nitrogen and oxygen atoms in total. The van der Waals surface area contributed by atoms with Crippen LogP contribution in [0.5, 0.6) is 0 Å². The zero-order valence-electron chi connectivity index (χ0n) is 13.2. The van der Waals surface area contributed by atoms with Crippen LogP contribution in [0, 0.1) is 11.8 Å². The van der Waals surface area contributed by atoms with Crippen LogP contribution in [0.4, 0.5) is 0 Å². The standard InChI is InChI=1S/C16H33N3/c1-14-5-4-8-16(11-14,13-17)19-9-6-15(7-10-19)12-18(2)3/h14-15H,4-13,17H2,1-3H3. The third-order valence-corrected chi connectivity index (χ3v) is 5.36. The monoisotopic (exact) mass is 267 g/mol. The topological polar surface area (TPSA) is 32.5 Å². The Labute approximate surface area is 119 Å². The minimum absolute atomic E-state index is 0.334. The fourth-order valence-corrected chi connectivity index (χ4v) is 4.34. The summed E-state index contributed by atoms with van der Waals surface area (Å²) in [6, 6.07) is 0. The number of hydrogen-bond donors (Lipinski definition) is 1. The van der Waals surface area contributed by atoms with Crippen molar-refractivity contribution >= 4 is 0 Å². The Morgan fingerprint density at radius 1 is 1.21 bits per heavy atom. The summed E-state index contributed by atoms with van der Waals surface area (Å²) in [6.45, 7) is 7.04. The summed E-state index contributed by atoms with van der Waals surface area (Å²) in [4.78, 5) is 5.08. The molecule has 1 saturated carbocycles. The molecule has 112 valence electrons. The molecule has 1 aliphatic carbocycles. The summed E-state index contributed by atoms with van der Waals surface area (Å²) < 4.78 is 0. The van der Waals surface area contributed by atoms with Crippen LogP contribution in [0.2, 0.25) is 0 Å². The van der Waals surface area contributed by atoms with E-state index in [1.165, 1.54) is 58.2 Å². The Hall–Kier alpha value is -0.120. The lowest BCUT2D eigenvalue weighted by Crippen LogP contribution is -2.58. The van der Waals surface area contributed by atoms with E-state index in [0.29, 0.717) is 5.54 Å². The molecule has 1 heterocycles. The summed E-state index contributed by atoms with van der Waals surface area (Å²) in [5.74, 6) is 1.75. The normalized spacial score (nSPS) is 34.9. The lowest BCUT2D eigenvalue weighted by Gasteiger charge is -2.50. The third kappa shape index (κ3) is 3.71. The second kappa shape index (κ2) is 6.55. The Balaban J connectivity index is 1.91. The fraction of sp³-hybridized carbons (Fsp3) is 1.00. The molecule has 2 atom stereocenters. The van der Waals surface area contributed by atoms with Crippen LogP contribution in [0.3, 0.4) is 0 Å². The highest BCUT2D eigenvalue weighted by Crippen LogP contribution is 2.38. The van der Waals surface area contributed by atoms with Gasteiger partial charge >= 0.3 is 0 Å². The van der Waals surface area contributed by atoms with Gasteiger partial charge in [-0.05, 0) is 64.7 Å². The second-order valence-corrected chi connectivity index (χ2v) is 7.32. The van der Waals surface area contributed by atoms with Gasteiger partial charge in [0.25, 0.3) is 0 Å². The van der Waals surface area contributed by atoms with Gasteiger partial charge in [-0.25, -0.2) is 0 Å². The first kappa shape index (κ1) is 15.3. The lowest BCUT2D eigenvalue weighted by atomic mass is 9.74. The number of hydrogen-bond acceptors (Lipinski definition) is 3. The second-order valence-electron chi connectivity index (χ2n) is 7.32. The third-order valence-electron chi connectivity index (χ3n) is 5.36. The van der Waals surface area contributed by atoms with Crippen molar-refractivity contribution in [1.29, 1.82) is 0 Å². The Kier molecular flexibility index (Phi) is 5.27. The highest BCUT2D eigenvalue weighted by atomic mass is 15.2. The maximum Gasteiger partial charge on any atom is 0.0334 e. The van der Waals surface area contributed by atoms with Crippen molar-refractivity contribution in [2.24, 2.45) is 17.6 Å². The van der Waals surface area contributed by atoms with E-state index in [1.807, 2.05) is 0 Å². The van der Waals surface area contributed by atoms with Gasteiger partial charge in [0.05, 0.1) is 0 Å².